The number of imidazole rings is 1. The van der Waals surface area contributed by atoms with E-state index in [4.69, 9.17) is 5.11 Å². The van der Waals surface area contributed by atoms with E-state index in [0.717, 1.165) is 30.4 Å². The summed E-state index contributed by atoms with van der Waals surface area (Å²) in [5.41, 5.74) is 1.92. The van der Waals surface area contributed by atoms with Gasteiger partial charge in [-0.05, 0) is 30.2 Å². The Morgan fingerprint density at radius 2 is 2.33 bits per heavy atom. The summed E-state index contributed by atoms with van der Waals surface area (Å²) < 4.78 is 1.90. The van der Waals surface area contributed by atoms with Crippen LogP contribution in [0.1, 0.15) is 30.3 Å². The number of carboxylic acids is 1. The Kier molecular flexibility index (Phi) is 4.52. The Morgan fingerprint density at radius 1 is 1.52 bits per heavy atom. The van der Waals surface area contributed by atoms with E-state index in [1.165, 1.54) is 6.08 Å². The van der Waals surface area contributed by atoms with Gasteiger partial charge >= 0.3 is 5.97 Å². The number of aromatic nitrogens is 2. The molecule has 5 nitrogen and oxygen atoms in total. The topological polar surface area (TPSA) is 78.9 Å². The lowest BCUT2D eigenvalue weighted by Gasteiger charge is -2.09. The molecule has 1 N–H and O–H groups in total. The molecule has 106 valence electrons. The minimum absolute atomic E-state index is 0.484. The van der Waals surface area contributed by atoms with Crippen molar-refractivity contribution in [2.45, 2.75) is 19.8 Å². The van der Waals surface area contributed by atoms with E-state index in [1.54, 1.807) is 24.4 Å². The van der Waals surface area contributed by atoms with Crippen LogP contribution in [0.2, 0.25) is 0 Å². The van der Waals surface area contributed by atoms with Crippen molar-refractivity contribution in [3.8, 4) is 11.8 Å². The monoisotopic (exact) mass is 281 g/mol. The zero-order valence-electron chi connectivity index (χ0n) is 11.7. The molecule has 0 aliphatic rings. The van der Waals surface area contributed by atoms with E-state index in [0.29, 0.717) is 11.1 Å². The van der Waals surface area contributed by atoms with Crippen molar-refractivity contribution in [3.05, 3.63) is 53.6 Å². The number of nitriles is 1. The van der Waals surface area contributed by atoms with Gasteiger partial charge in [0.1, 0.15) is 11.9 Å². The van der Waals surface area contributed by atoms with Gasteiger partial charge in [-0.15, -0.1) is 0 Å². The molecular weight excluding hydrogens is 266 g/mol. The molecule has 0 saturated carbocycles. The maximum Gasteiger partial charge on any atom is 0.328 e. The minimum atomic E-state index is -1.02. The van der Waals surface area contributed by atoms with Gasteiger partial charge < -0.3 is 9.67 Å². The predicted molar refractivity (Wildman–Crippen MR) is 78.9 cm³/mol. The number of hydrogen-bond donors (Lipinski definition) is 1. The lowest BCUT2D eigenvalue weighted by atomic mass is 10.1. The first-order chi connectivity index (χ1) is 10.2. The standard InChI is InChI=1S/C16H15N3O2/c1-2-3-15-18-8-9-19(15)14-6-4-12(5-7-16(20)21)10-13(14)11-17/h4-10H,2-3H2,1H3,(H,20,21)/b7-5+. The number of carboxylic acid groups (broad SMARTS) is 1. The van der Waals surface area contributed by atoms with Crippen molar-refractivity contribution in [3.63, 3.8) is 0 Å². The summed E-state index contributed by atoms with van der Waals surface area (Å²) in [6, 6.07) is 7.41. The molecule has 0 aliphatic carbocycles. The molecule has 21 heavy (non-hydrogen) atoms. The average molecular weight is 281 g/mol. The number of rotatable bonds is 5. The highest BCUT2D eigenvalue weighted by Crippen LogP contribution is 2.19. The summed E-state index contributed by atoms with van der Waals surface area (Å²) in [7, 11) is 0. The first kappa shape index (κ1) is 14.5. The SMILES string of the molecule is CCCc1nccn1-c1ccc(/C=C/C(=O)O)cc1C#N. The molecule has 0 aliphatic heterocycles. The number of aliphatic carboxylic acids is 1. The Bertz CT molecular complexity index is 723. The number of benzene rings is 1. The van der Waals surface area contributed by atoms with Crippen LogP contribution < -0.4 is 0 Å². The number of aryl methyl sites for hydroxylation is 1. The molecule has 2 rings (SSSR count). The second kappa shape index (κ2) is 6.53. The van der Waals surface area contributed by atoms with Crippen molar-refractivity contribution in [2.24, 2.45) is 0 Å². The maximum absolute atomic E-state index is 10.5. The van der Waals surface area contributed by atoms with E-state index >= 15 is 0 Å². The van der Waals surface area contributed by atoms with E-state index in [2.05, 4.69) is 18.0 Å². The fraction of sp³-hybridized carbons (Fsp3) is 0.188. The van der Waals surface area contributed by atoms with Crippen molar-refractivity contribution in [1.82, 2.24) is 9.55 Å². The highest BCUT2D eigenvalue weighted by molar-refractivity contribution is 5.85. The largest absolute Gasteiger partial charge is 0.478 e. The van der Waals surface area contributed by atoms with Gasteiger partial charge in [-0.3, -0.25) is 0 Å². The van der Waals surface area contributed by atoms with E-state index in [9.17, 15) is 10.1 Å². The van der Waals surface area contributed by atoms with Crippen LogP contribution >= 0.6 is 0 Å². The van der Waals surface area contributed by atoms with Crippen LogP contribution in [0.4, 0.5) is 0 Å². The van der Waals surface area contributed by atoms with Crippen molar-refractivity contribution >= 4 is 12.0 Å². The lowest BCUT2D eigenvalue weighted by molar-refractivity contribution is -0.131. The molecule has 0 spiro atoms. The quantitative estimate of drug-likeness (QED) is 0.855. The van der Waals surface area contributed by atoms with Gasteiger partial charge in [0.25, 0.3) is 0 Å². The number of carbonyl (C=O) groups is 1. The third kappa shape index (κ3) is 3.37. The Balaban J connectivity index is 2.43. The average Bonchev–Trinajstić information content (AvgIpc) is 2.93. The highest BCUT2D eigenvalue weighted by Gasteiger charge is 2.09. The molecule has 1 aromatic heterocycles. The number of nitrogens with zero attached hydrogens (tertiary/aromatic N) is 3. The van der Waals surface area contributed by atoms with Crippen LogP contribution in [-0.2, 0) is 11.2 Å². The molecule has 1 heterocycles. The fourth-order valence-corrected chi connectivity index (χ4v) is 2.09. The molecule has 0 bridgehead atoms. The van der Waals surface area contributed by atoms with E-state index in [-0.39, 0.29) is 0 Å². The second-order valence-corrected chi connectivity index (χ2v) is 4.52. The fourth-order valence-electron chi connectivity index (χ4n) is 2.09. The molecule has 0 atom stereocenters. The van der Waals surface area contributed by atoms with Gasteiger partial charge in [0, 0.05) is 24.9 Å². The first-order valence-electron chi connectivity index (χ1n) is 6.63. The molecule has 0 unspecified atom stereocenters. The Labute approximate surface area is 122 Å². The molecule has 2 aromatic rings. The smallest absolute Gasteiger partial charge is 0.328 e. The minimum Gasteiger partial charge on any atom is -0.478 e. The van der Waals surface area contributed by atoms with Crippen LogP contribution in [0, 0.1) is 11.3 Å². The summed E-state index contributed by atoms with van der Waals surface area (Å²) >= 11 is 0. The summed E-state index contributed by atoms with van der Waals surface area (Å²) in [5, 5.41) is 18.0. The van der Waals surface area contributed by atoms with Crippen LogP contribution in [0.5, 0.6) is 0 Å². The molecule has 0 fully saturated rings. The van der Waals surface area contributed by atoms with Crippen molar-refractivity contribution in [1.29, 1.82) is 5.26 Å². The summed E-state index contributed by atoms with van der Waals surface area (Å²) in [6.45, 7) is 2.07. The van der Waals surface area contributed by atoms with Crippen molar-refractivity contribution < 1.29 is 9.90 Å². The third-order valence-corrected chi connectivity index (χ3v) is 3.01. The van der Waals surface area contributed by atoms with Crippen LogP contribution in [0.15, 0.2) is 36.7 Å². The molecule has 1 aromatic carbocycles. The van der Waals surface area contributed by atoms with Gasteiger partial charge in [0.05, 0.1) is 11.3 Å². The molecule has 5 heteroatoms. The summed E-state index contributed by atoms with van der Waals surface area (Å²) in [5.74, 6) is -0.111. The van der Waals surface area contributed by atoms with Gasteiger partial charge in [0.15, 0.2) is 0 Å². The number of hydrogen-bond acceptors (Lipinski definition) is 3. The predicted octanol–water partition coefficient (Wildman–Crippen LogP) is 2.79. The van der Waals surface area contributed by atoms with Crippen molar-refractivity contribution in [2.75, 3.05) is 0 Å². The third-order valence-electron chi connectivity index (χ3n) is 3.01. The Morgan fingerprint density at radius 3 is 3.00 bits per heavy atom. The van der Waals surface area contributed by atoms with Crippen LogP contribution in [0.25, 0.3) is 11.8 Å². The zero-order chi connectivity index (χ0) is 15.2. The molecular formula is C16H15N3O2. The van der Waals surface area contributed by atoms with E-state index in [1.807, 2.05) is 10.8 Å². The molecule has 0 amide bonds. The summed E-state index contributed by atoms with van der Waals surface area (Å²) in [6.07, 6.45) is 7.86. The van der Waals surface area contributed by atoms with Gasteiger partial charge in [-0.25, -0.2) is 9.78 Å². The van der Waals surface area contributed by atoms with Gasteiger partial charge in [0.2, 0.25) is 0 Å². The normalized spacial score (nSPS) is 10.7. The molecule has 0 saturated heterocycles. The lowest BCUT2D eigenvalue weighted by Crippen LogP contribution is -2.02. The van der Waals surface area contributed by atoms with Gasteiger partial charge in [-0.2, -0.15) is 5.26 Å². The first-order valence-corrected chi connectivity index (χ1v) is 6.63. The maximum atomic E-state index is 10.5. The highest BCUT2D eigenvalue weighted by atomic mass is 16.4. The van der Waals surface area contributed by atoms with Gasteiger partial charge in [-0.1, -0.05) is 13.0 Å². The zero-order valence-corrected chi connectivity index (χ0v) is 11.7. The molecule has 0 radical (unpaired) electrons. The van der Waals surface area contributed by atoms with E-state index < -0.39 is 5.97 Å². The Hall–Kier alpha value is -2.87. The summed E-state index contributed by atoms with van der Waals surface area (Å²) in [4.78, 5) is 14.8. The second-order valence-electron chi connectivity index (χ2n) is 4.52. The van der Waals surface area contributed by atoms with Crippen LogP contribution in [0.3, 0.4) is 0 Å². The van der Waals surface area contributed by atoms with Crippen LogP contribution in [-0.4, -0.2) is 20.6 Å².